The molecule has 20 rings (SSSR count). The molecule has 20 aliphatic heterocycles. The van der Waals surface area contributed by atoms with Crippen LogP contribution in [0.4, 0.5) is 0 Å². The van der Waals surface area contributed by atoms with E-state index in [1.165, 1.54) is 98.2 Å². The van der Waals surface area contributed by atoms with Crippen molar-refractivity contribution in [3.63, 3.8) is 0 Å². The average molecular weight is 478 g/mol. The van der Waals surface area contributed by atoms with Gasteiger partial charge in [0.2, 0.25) is 0 Å². The second-order valence-corrected chi connectivity index (χ2v) is 69.2. The van der Waals surface area contributed by atoms with Gasteiger partial charge in [0, 0.05) is 0 Å². The van der Waals surface area contributed by atoms with Gasteiger partial charge in [0.1, 0.15) is 0 Å². The Morgan fingerprint density at radius 1 is 0.481 bits per heavy atom. The van der Waals surface area contributed by atoms with Crippen molar-refractivity contribution in [2.45, 2.75) is 95.3 Å². The summed E-state index contributed by atoms with van der Waals surface area (Å²) < 4.78 is 8.68. The van der Waals surface area contributed by atoms with Crippen LogP contribution >= 0.6 is 24.1 Å². The molecule has 8 atom stereocenters. The molecule has 20 heterocycles. The zero-order valence-electron chi connectivity index (χ0n) is 14.7. The van der Waals surface area contributed by atoms with Gasteiger partial charge in [0.05, 0.1) is 0 Å². The molecular weight excluding hydrogens is 456 g/mol. The van der Waals surface area contributed by atoms with Gasteiger partial charge in [0.25, 0.3) is 0 Å². The molecule has 0 aromatic heterocycles. The Morgan fingerprint density at radius 3 is 0.963 bits per heavy atom. The molecule has 0 aromatic carbocycles. The van der Waals surface area contributed by atoms with Crippen LogP contribution < -0.4 is 0 Å². The van der Waals surface area contributed by atoms with Crippen molar-refractivity contribution in [3.05, 3.63) is 0 Å². The first-order valence-corrected chi connectivity index (χ1v) is 26.5. The molecule has 5 heteroatoms. The Morgan fingerprint density at radius 2 is 0.778 bits per heavy atom. The molecule has 20 aliphatic rings. The summed E-state index contributed by atoms with van der Waals surface area (Å²) in [6.07, 6.45) is 0. The van der Waals surface area contributed by atoms with Gasteiger partial charge in [0.15, 0.2) is 0 Å². The van der Waals surface area contributed by atoms with Crippen LogP contribution in [-0.2, 0) is 16.6 Å². The van der Waals surface area contributed by atoms with E-state index in [-0.39, 0.29) is 0 Å². The summed E-state index contributed by atoms with van der Waals surface area (Å²) in [5.41, 5.74) is 0. The number of rotatable bonds is 6. The summed E-state index contributed by atoms with van der Waals surface area (Å²) in [5, 5.41) is 0. The third kappa shape index (κ3) is 0.0955. The molecule has 0 amide bonds. The summed E-state index contributed by atoms with van der Waals surface area (Å²) in [5.74, 6) is 3.07. The average Bonchev–Trinajstić information content (AvgIpc) is 3.56. The van der Waals surface area contributed by atoms with Crippen LogP contribution in [-0.4, -0.2) is 11.5 Å². The van der Waals surface area contributed by atoms with Crippen LogP contribution in [0.2, 0.25) is 95.3 Å². The molecular formula is C22H22Fe2OS2. The van der Waals surface area contributed by atoms with Gasteiger partial charge in [-0.3, -0.25) is 0 Å². The van der Waals surface area contributed by atoms with E-state index in [0.717, 1.165) is 8.63 Å². The standard InChI is InChI=1S/C12H12OS2.2C5H5.2Fe/c1-2-6-11(5-1)9-14-13-15-10-12-7-3-4-8-12;2*1-2-4-5-3-1;;/h1-8H,9-10H2;2*1-5H;;. The second-order valence-electron chi connectivity index (χ2n) is 20.3. The van der Waals surface area contributed by atoms with Gasteiger partial charge in [-0.2, -0.15) is 0 Å². The first-order valence-electron chi connectivity index (χ1n) is 12.1. The van der Waals surface area contributed by atoms with Crippen molar-refractivity contribution in [1.29, 1.82) is 0 Å². The molecule has 1 nitrogen and oxygen atoms in total. The number of fused-ring (bicyclic) bond motifs is 20. The van der Waals surface area contributed by atoms with E-state index < -0.39 is 13.0 Å². The molecule has 0 bridgehead atoms. The zero-order valence-corrected chi connectivity index (χ0v) is 18.6. The van der Waals surface area contributed by atoms with E-state index in [1.54, 1.807) is 0 Å². The van der Waals surface area contributed by atoms with E-state index in [1.807, 2.05) is 24.1 Å². The molecule has 20 fully saturated rings. The fourth-order valence-electron chi connectivity index (χ4n) is 34.3. The Bertz CT molecular complexity index is 1760. The van der Waals surface area contributed by atoms with Crippen molar-refractivity contribution in [3.8, 4) is 0 Å². The van der Waals surface area contributed by atoms with Gasteiger partial charge >= 0.3 is 148 Å². The quantitative estimate of drug-likeness (QED) is 0.219. The third-order valence-corrected chi connectivity index (χ3v) is 119. The fourth-order valence-corrected chi connectivity index (χ4v) is 190. The molecule has 8 unspecified atom stereocenters. The van der Waals surface area contributed by atoms with E-state index in [2.05, 4.69) is 0 Å². The Labute approximate surface area is 146 Å². The Hall–Kier alpha value is 1.70. The molecule has 0 saturated carbocycles. The minimum atomic E-state index is -2.80. The summed E-state index contributed by atoms with van der Waals surface area (Å²) in [4.78, 5) is 27.0. The normalized spacial score (nSPS) is 148. The predicted molar refractivity (Wildman–Crippen MR) is 98.9 cm³/mol. The summed E-state index contributed by atoms with van der Waals surface area (Å²) in [6, 6.07) is 0. The molecule has 0 N–H and O–H groups in total. The van der Waals surface area contributed by atoms with E-state index >= 15 is 0 Å². The number of hydrogen-bond donors (Lipinski definition) is 0. The summed E-state index contributed by atoms with van der Waals surface area (Å²) in [7, 11) is 0. The zero-order chi connectivity index (χ0) is 15.6. The Balaban J connectivity index is 0.766. The van der Waals surface area contributed by atoms with Crippen LogP contribution in [0, 0.1) is 0 Å². The monoisotopic (exact) mass is 478 g/mol. The van der Waals surface area contributed by atoms with Gasteiger partial charge in [-0.05, 0) is 0 Å². The van der Waals surface area contributed by atoms with Gasteiger partial charge in [-0.15, -0.1) is 0 Å². The van der Waals surface area contributed by atoms with Crippen LogP contribution in [0.15, 0.2) is 0 Å². The van der Waals surface area contributed by atoms with E-state index in [9.17, 15) is 0 Å². The van der Waals surface area contributed by atoms with E-state index in [0.29, 0.717) is 0 Å². The minimum absolute atomic E-state index is 1.09. The summed E-state index contributed by atoms with van der Waals surface area (Å²) >= 11 is 4.10. The van der Waals surface area contributed by atoms with Gasteiger partial charge in [-0.1, -0.05) is 0 Å². The first-order chi connectivity index (χ1) is 12.8. The van der Waals surface area contributed by atoms with Crippen molar-refractivity contribution in [2.24, 2.45) is 0 Å². The van der Waals surface area contributed by atoms with Crippen LogP contribution in [0.1, 0.15) is 0 Å². The van der Waals surface area contributed by atoms with Crippen LogP contribution in [0.3, 0.4) is 0 Å². The molecule has 0 radical (unpaired) electrons. The first kappa shape index (κ1) is 9.68. The SMILES string of the molecule is C(SOSC[C]12[CH]3[CH]4[CH]5[CH]1[Fe]45321678[CH]2[CH]1[CH]6[CH]7[CH]28)[C]12[CH]3[CH]4[CH]5[CH]1[Fe]45321678[CH]2[CH]1[CH]6[CH]7[CH]28. The van der Waals surface area contributed by atoms with Crippen LogP contribution in [0.25, 0.3) is 0 Å². The third-order valence-electron chi connectivity index (χ3n) is 30.6. The molecule has 20 saturated heterocycles. The second kappa shape index (κ2) is 0.746. The number of hydrogen-bond acceptors (Lipinski definition) is 3. The topological polar surface area (TPSA) is 9.23 Å². The van der Waals surface area contributed by atoms with Crippen molar-refractivity contribution in [1.82, 2.24) is 0 Å². The molecule has 0 aliphatic carbocycles. The molecule has 0 aromatic rings. The fraction of sp³-hybridized carbons (Fsp3) is 1.00. The van der Waals surface area contributed by atoms with Gasteiger partial charge < -0.3 is 0 Å². The maximum atomic E-state index is 6.50. The summed E-state index contributed by atoms with van der Waals surface area (Å²) in [6.45, 7) is -5.60. The van der Waals surface area contributed by atoms with Gasteiger partial charge in [-0.25, -0.2) is 0 Å². The molecule has 27 heavy (non-hydrogen) atoms. The predicted octanol–water partition coefficient (Wildman–Crippen LogP) is 7.82. The molecule has 144 valence electrons. The maximum absolute atomic E-state index is 6.50. The van der Waals surface area contributed by atoms with Crippen molar-refractivity contribution in [2.75, 3.05) is 11.5 Å². The Kier molecular flexibility index (Phi) is 0.267. The van der Waals surface area contributed by atoms with Crippen molar-refractivity contribution >= 4 is 24.1 Å². The van der Waals surface area contributed by atoms with E-state index in [4.69, 9.17) is 3.63 Å². The van der Waals surface area contributed by atoms with Crippen molar-refractivity contribution < 1.29 is 16.6 Å². The molecule has 2 spiro atoms. The van der Waals surface area contributed by atoms with Crippen LogP contribution in [0.5, 0.6) is 0 Å².